The highest BCUT2D eigenvalue weighted by Crippen LogP contribution is 2.21. The number of carbonyl (C=O) groups is 3. The van der Waals surface area contributed by atoms with Gasteiger partial charge >= 0.3 is 12.0 Å². The number of nitrogens with one attached hydrogen (secondary N) is 2. The normalized spacial score (nSPS) is 12.5. The third-order valence-corrected chi connectivity index (χ3v) is 3.77. The van der Waals surface area contributed by atoms with Crippen molar-refractivity contribution in [2.24, 2.45) is 5.73 Å². The number of urea groups is 1. The molecule has 116 valence electrons. The molecule has 1 aromatic heterocycles. The molecule has 0 spiro atoms. The van der Waals surface area contributed by atoms with E-state index >= 15 is 0 Å². The molecule has 0 saturated carbocycles. The molecule has 0 fully saturated rings. The van der Waals surface area contributed by atoms with E-state index in [4.69, 9.17) is 10.8 Å². The summed E-state index contributed by atoms with van der Waals surface area (Å²) >= 11 is 1.38. The van der Waals surface area contributed by atoms with Crippen LogP contribution in [-0.4, -0.2) is 34.0 Å². The van der Waals surface area contributed by atoms with Crippen LogP contribution in [0.1, 0.15) is 31.7 Å². The van der Waals surface area contributed by atoms with Gasteiger partial charge in [0.25, 0.3) is 0 Å². The summed E-state index contributed by atoms with van der Waals surface area (Å²) in [6.45, 7) is 3.51. The zero-order valence-corrected chi connectivity index (χ0v) is 12.6. The van der Waals surface area contributed by atoms with Gasteiger partial charge in [0.1, 0.15) is 11.0 Å². The lowest BCUT2D eigenvalue weighted by atomic mass is 10.1. The summed E-state index contributed by atoms with van der Waals surface area (Å²) in [5, 5.41) is 16.4. The molecule has 0 saturated heterocycles. The van der Waals surface area contributed by atoms with Crippen molar-refractivity contribution in [3.63, 3.8) is 0 Å². The van der Waals surface area contributed by atoms with E-state index < -0.39 is 29.5 Å². The van der Waals surface area contributed by atoms with Gasteiger partial charge in [0.15, 0.2) is 0 Å². The Kier molecular flexibility index (Phi) is 5.65. The van der Waals surface area contributed by atoms with Gasteiger partial charge in [0.2, 0.25) is 5.91 Å². The summed E-state index contributed by atoms with van der Waals surface area (Å²) in [5.41, 5.74) is 4.24. The molecule has 21 heavy (non-hydrogen) atoms. The van der Waals surface area contributed by atoms with Crippen LogP contribution in [-0.2, 0) is 15.1 Å². The molecule has 1 rings (SSSR count). The number of nitrogens with two attached hydrogens (primary N) is 1. The Labute approximate surface area is 125 Å². The van der Waals surface area contributed by atoms with Crippen molar-refractivity contribution in [1.29, 1.82) is 0 Å². The van der Waals surface area contributed by atoms with E-state index in [1.54, 1.807) is 25.4 Å². The van der Waals surface area contributed by atoms with Crippen LogP contribution in [0, 0.1) is 0 Å². The van der Waals surface area contributed by atoms with Crippen LogP contribution in [0.15, 0.2) is 11.6 Å². The van der Waals surface area contributed by atoms with Crippen LogP contribution >= 0.6 is 11.3 Å². The fraction of sp³-hybridized carbons (Fsp3) is 0.500. The Bertz CT molecular complexity index is 515. The second-order valence-electron chi connectivity index (χ2n) is 4.96. The maximum Gasteiger partial charge on any atom is 0.326 e. The molecular weight excluding hydrogens is 296 g/mol. The summed E-state index contributed by atoms with van der Waals surface area (Å²) < 4.78 is 0. The minimum Gasteiger partial charge on any atom is -0.480 e. The number of hydrogen-bond donors (Lipinski definition) is 4. The summed E-state index contributed by atoms with van der Waals surface area (Å²) in [7, 11) is 0. The Hall–Kier alpha value is -2.16. The quantitative estimate of drug-likeness (QED) is 0.577. The van der Waals surface area contributed by atoms with E-state index in [0.717, 1.165) is 0 Å². The van der Waals surface area contributed by atoms with Gasteiger partial charge in [-0.3, -0.25) is 4.79 Å². The van der Waals surface area contributed by atoms with E-state index in [9.17, 15) is 14.4 Å². The largest absolute Gasteiger partial charge is 0.480 e. The van der Waals surface area contributed by atoms with E-state index in [1.807, 2.05) is 0 Å². The summed E-state index contributed by atoms with van der Waals surface area (Å²) in [6.07, 6.45) is 1.44. The smallest absolute Gasteiger partial charge is 0.326 e. The number of thiazole rings is 1. The van der Waals surface area contributed by atoms with Gasteiger partial charge in [-0.1, -0.05) is 0 Å². The van der Waals surface area contributed by atoms with Crippen LogP contribution < -0.4 is 16.4 Å². The standard InChI is InChI=1S/C12H18N4O4S/c1-12(2,10-14-5-6-21-10)16-11(20)15-7(9(18)19)3-4-8(13)17/h5-7H,3-4H2,1-2H3,(H2,13,17)(H,18,19)(H2,15,16,20)/t7-/m1/s1. The predicted octanol–water partition coefficient (Wildman–Crippen LogP) is 0.396. The Morgan fingerprint density at radius 2 is 2.14 bits per heavy atom. The molecule has 0 bridgehead atoms. The Balaban J connectivity index is 2.61. The van der Waals surface area contributed by atoms with Crippen molar-refractivity contribution < 1.29 is 19.5 Å². The van der Waals surface area contributed by atoms with Crippen LogP contribution in [0.2, 0.25) is 0 Å². The monoisotopic (exact) mass is 314 g/mol. The van der Waals surface area contributed by atoms with Gasteiger partial charge in [0, 0.05) is 18.0 Å². The second-order valence-corrected chi connectivity index (χ2v) is 5.85. The number of rotatable bonds is 7. The Morgan fingerprint density at radius 3 is 2.62 bits per heavy atom. The van der Waals surface area contributed by atoms with Crippen LogP contribution in [0.4, 0.5) is 4.79 Å². The number of primary amides is 1. The highest BCUT2D eigenvalue weighted by molar-refractivity contribution is 7.09. The molecule has 8 nitrogen and oxygen atoms in total. The van der Waals surface area contributed by atoms with Gasteiger partial charge < -0.3 is 21.5 Å². The number of hydrogen-bond acceptors (Lipinski definition) is 5. The maximum atomic E-state index is 11.9. The van der Waals surface area contributed by atoms with E-state index in [1.165, 1.54) is 11.3 Å². The fourth-order valence-corrected chi connectivity index (χ4v) is 2.33. The lowest BCUT2D eigenvalue weighted by Crippen LogP contribution is -2.51. The van der Waals surface area contributed by atoms with Gasteiger partial charge in [-0.25, -0.2) is 14.6 Å². The molecule has 1 heterocycles. The van der Waals surface area contributed by atoms with Crippen molar-refractivity contribution in [1.82, 2.24) is 15.6 Å². The number of carboxylic acid groups (broad SMARTS) is 1. The van der Waals surface area contributed by atoms with Crippen molar-refractivity contribution in [2.75, 3.05) is 0 Å². The molecule has 9 heteroatoms. The molecule has 0 aliphatic carbocycles. The molecule has 3 amide bonds. The zero-order chi connectivity index (χ0) is 16.0. The maximum absolute atomic E-state index is 11.9. The van der Waals surface area contributed by atoms with Crippen molar-refractivity contribution >= 4 is 29.2 Å². The number of nitrogens with zero attached hydrogens (tertiary/aromatic N) is 1. The SMILES string of the molecule is CC(C)(NC(=O)N[C@H](CCC(N)=O)C(=O)O)c1nccs1. The topological polar surface area (TPSA) is 134 Å². The van der Waals surface area contributed by atoms with Crippen molar-refractivity contribution in [2.45, 2.75) is 38.3 Å². The van der Waals surface area contributed by atoms with Gasteiger partial charge in [0.05, 0.1) is 5.54 Å². The first-order valence-electron chi connectivity index (χ1n) is 6.22. The van der Waals surface area contributed by atoms with Gasteiger partial charge in [-0.2, -0.15) is 0 Å². The highest BCUT2D eigenvalue weighted by atomic mass is 32.1. The third-order valence-electron chi connectivity index (χ3n) is 2.68. The van der Waals surface area contributed by atoms with Crippen LogP contribution in [0.5, 0.6) is 0 Å². The summed E-state index contributed by atoms with van der Waals surface area (Å²) in [6, 6.07) is -1.82. The lowest BCUT2D eigenvalue weighted by Gasteiger charge is -2.25. The minimum atomic E-state index is -1.22. The first kappa shape index (κ1) is 16.9. The summed E-state index contributed by atoms with van der Waals surface area (Å²) in [5.74, 6) is -1.84. The average molecular weight is 314 g/mol. The van der Waals surface area contributed by atoms with Crippen LogP contribution in [0.3, 0.4) is 0 Å². The molecule has 1 atom stereocenters. The third kappa shape index (κ3) is 5.38. The second kappa shape index (κ2) is 7.02. The molecule has 0 unspecified atom stereocenters. The highest BCUT2D eigenvalue weighted by Gasteiger charge is 2.28. The van der Waals surface area contributed by atoms with E-state index in [2.05, 4.69) is 15.6 Å². The van der Waals surface area contributed by atoms with Gasteiger partial charge in [-0.05, 0) is 20.3 Å². The lowest BCUT2D eigenvalue weighted by molar-refractivity contribution is -0.139. The molecule has 5 N–H and O–H groups in total. The zero-order valence-electron chi connectivity index (χ0n) is 11.8. The molecule has 0 aromatic carbocycles. The number of aliphatic carboxylic acids is 1. The first-order chi connectivity index (χ1) is 9.72. The summed E-state index contributed by atoms with van der Waals surface area (Å²) in [4.78, 5) is 37.7. The van der Waals surface area contributed by atoms with Crippen molar-refractivity contribution in [3.05, 3.63) is 16.6 Å². The van der Waals surface area contributed by atoms with E-state index in [-0.39, 0.29) is 12.8 Å². The average Bonchev–Trinajstić information content (AvgIpc) is 2.87. The number of aromatic nitrogens is 1. The van der Waals surface area contributed by atoms with Gasteiger partial charge in [-0.15, -0.1) is 11.3 Å². The number of amides is 3. The molecule has 0 aliphatic heterocycles. The predicted molar refractivity (Wildman–Crippen MR) is 76.7 cm³/mol. The van der Waals surface area contributed by atoms with Crippen LogP contribution in [0.25, 0.3) is 0 Å². The fourth-order valence-electron chi connectivity index (χ4n) is 1.61. The molecule has 0 aliphatic rings. The van der Waals surface area contributed by atoms with E-state index in [0.29, 0.717) is 5.01 Å². The molecule has 0 radical (unpaired) electrons. The molecule has 1 aromatic rings. The Morgan fingerprint density at radius 1 is 1.48 bits per heavy atom. The minimum absolute atomic E-state index is 0.0598. The molecular formula is C12H18N4O4S. The van der Waals surface area contributed by atoms with Crippen molar-refractivity contribution in [3.8, 4) is 0 Å². The number of carbonyl (C=O) groups excluding carboxylic acids is 2. The first-order valence-corrected chi connectivity index (χ1v) is 7.10. The number of carboxylic acids is 1.